The molecule has 2 aromatic rings. The monoisotopic (exact) mass is 323 g/mol. The van der Waals surface area contributed by atoms with Crippen LogP contribution in [0.1, 0.15) is 19.5 Å². The van der Waals surface area contributed by atoms with Gasteiger partial charge in [0.2, 0.25) is 0 Å². The SMILES string of the molecule is C[C@@H]1CN(c2nc3ccccn3c2CBr)C[C@H](C)O1. The van der Waals surface area contributed by atoms with Gasteiger partial charge in [-0.3, -0.25) is 0 Å². The Balaban J connectivity index is 2.04. The molecule has 0 aliphatic carbocycles. The van der Waals surface area contributed by atoms with E-state index in [4.69, 9.17) is 9.72 Å². The molecule has 0 spiro atoms. The number of pyridine rings is 1. The van der Waals surface area contributed by atoms with Gasteiger partial charge in [-0.25, -0.2) is 4.98 Å². The van der Waals surface area contributed by atoms with Crippen molar-refractivity contribution in [2.45, 2.75) is 31.4 Å². The van der Waals surface area contributed by atoms with Crippen molar-refractivity contribution < 1.29 is 4.74 Å². The number of hydrogen-bond donors (Lipinski definition) is 0. The van der Waals surface area contributed by atoms with E-state index in [0.29, 0.717) is 0 Å². The molecule has 1 aliphatic heterocycles. The Morgan fingerprint density at radius 2 is 2.05 bits per heavy atom. The molecule has 3 rings (SSSR count). The van der Waals surface area contributed by atoms with E-state index < -0.39 is 0 Å². The lowest BCUT2D eigenvalue weighted by molar-refractivity contribution is -0.00546. The van der Waals surface area contributed by atoms with E-state index in [-0.39, 0.29) is 12.2 Å². The molecule has 0 amide bonds. The maximum absolute atomic E-state index is 5.80. The molecule has 0 bridgehead atoms. The van der Waals surface area contributed by atoms with Crippen LogP contribution in [-0.2, 0) is 10.1 Å². The molecule has 102 valence electrons. The minimum absolute atomic E-state index is 0.247. The molecule has 0 saturated carbocycles. The number of aromatic nitrogens is 2. The number of morpholine rings is 1. The first-order valence-electron chi connectivity index (χ1n) is 6.61. The van der Waals surface area contributed by atoms with E-state index in [1.165, 1.54) is 5.69 Å². The van der Waals surface area contributed by atoms with E-state index in [1.807, 2.05) is 18.2 Å². The zero-order valence-electron chi connectivity index (χ0n) is 11.2. The lowest BCUT2D eigenvalue weighted by Crippen LogP contribution is -2.46. The summed E-state index contributed by atoms with van der Waals surface area (Å²) in [5.74, 6) is 1.07. The first-order chi connectivity index (χ1) is 9.19. The predicted octanol–water partition coefficient (Wildman–Crippen LogP) is 2.84. The molecule has 3 heterocycles. The van der Waals surface area contributed by atoms with Crippen LogP contribution in [0.4, 0.5) is 5.82 Å². The molecule has 0 aromatic carbocycles. The maximum atomic E-state index is 5.80. The van der Waals surface area contributed by atoms with Crippen LogP contribution in [0.3, 0.4) is 0 Å². The third-order valence-corrected chi connectivity index (χ3v) is 3.98. The number of halogens is 1. The van der Waals surface area contributed by atoms with Gasteiger partial charge >= 0.3 is 0 Å². The number of hydrogen-bond acceptors (Lipinski definition) is 3. The highest BCUT2D eigenvalue weighted by atomic mass is 79.9. The van der Waals surface area contributed by atoms with Crippen molar-refractivity contribution in [2.75, 3.05) is 18.0 Å². The molecule has 1 fully saturated rings. The van der Waals surface area contributed by atoms with Crippen LogP contribution in [0.2, 0.25) is 0 Å². The van der Waals surface area contributed by atoms with Crippen molar-refractivity contribution in [3.63, 3.8) is 0 Å². The van der Waals surface area contributed by atoms with Gasteiger partial charge in [0.05, 0.1) is 17.9 Å². The topological polar surface area (TPSA) is 29.8 Å². The van der Waals surface area contributed by atoms with Crippen LogP contribution in [0.5, 0.6) is 0 Å². The van der Waals surface area contributed by atoms with Gasteiger partial charge in [-0.1, -0.05) is 22.0 Å². The fourth-order valence-electron chi connectivity index (χ4n) is 2.76. The van der Waals surface area contributed by atoms with Gasteiger partial charge in [0.1, 0.15) is 5.65 Å². The van der Waals surface area contributed by atoms with Gasteiger partial charge in [0, 0.05) is 24.6 Å². The molecule has 4 nitrogen and oxygen atoms in total. The summed E-state index contributed by atoms with van der Waals surface area (Å²) in [6.45, 7) is 6.03. The quantitative estimate of drug-likeness (QED) is 0.796. The van der Waals surface area contributed by atoms with Crippen LogP contribution >= 0.6 is 15.9 Å². The van der Waals surface area contributed by atoms with Gasteiger partial charge in [-0.05, 0) is 26.0 Å². The minimum atomic E-state index is 0.247. The number of rotatable bonds is 2. The number of nitrogens with zero attached hydrogens (tertiary/aromatic N) is 3. The Morgan fingerprint density at radius 1 is 1.32 bits per heavy atom. The van der Waals surface area contributed by atoms with E-state index in [9.17, 15) is 0 Å². The van der Waals surface area contributed by atoms with Crippen LogP contribution in [0.25, 0.3) is 5.65 Å². The Bertz CT molecular complexity index is 573. The average Bonchev–Trinajstić information content (AvgIpc) is 2.76. The fourth-order valence-corrected chi connectivity index (χ4v) is 3.28. The smallest absolute Gasteiger partial charge is 0.152 e. The van der Waals surface area contributed by atoms with E-state index >= 15 is 0 Å². The Labute approximate surface area is 121 Å². The van der Waals surface area contributed by atoms with Gasteiger partial charge in [-0.15, -0.1) is 0 Å². The molecule has 2 atom stereocenters. The van der Waals surface area contributed by atoms with Crippen LogP contribution in [-0.4, -0.2) is 34.7 Å². The van der Waals surface area contributed by atoms with Crippen molar-refractivity contribution in [1.29, 1.82) is 0 Å². The number of alkyl halides is 1. The third-order valence-electron chi connectivity index (χ3n) is 3.45. The molecule has 1 saturated heterocycles. The standard InChI is InChI=1S/C14H18BrN3O/c1-10-8-17(9-11(2)19-10)14-12(7-15)18-6-4-3-5-13(18)16-14/h3-6,10-11H,7-9H2,1-2H3/t10-,11+. The van der Waals surface area contributed by atoms with Crippen LogP contribution in [0.15, 0.2) is 24.4 Å². The Morgan fingerprint density at radius 3 is 2.74 bits per heavy atom. The summed E-state index contributed by atoms with van der Waals surface area (Å²) in [6, 6.07) is 6.10. The van der Waals surface area contributed by atoms with Crippen molar-refractivity contribution in [1.82, 2.24) is 9.38 Å². The van der Waals surface area contributed by atoms with E-state index in [0.717, 1.165) is 29.9 Å². The molecule has 19 heavy (non-hydrogen) atoms. The lowest BCUT2D eigenvalue weighted by Gasteiger charge is -2.35. The summed E-state index contributed by atoms with van der Waals surface area (Å²) < 4.78 is 7.95. The van der Waals surface area contributed by atoms with E-state index in [2.05, 4.69) is 45.3 Å². The molecule has 5 heteroatoms. The van der Waals surface area contributed by atoms with Crippen LogP contribution in [0, 0.1) is 0 Å². The average molecular weight is 324 g/mol. The Kier molecular flexibility index (Phi) is 3.50. The molecule has 0 radical (unpaired) electrons. The molecule has 2 aromatic heterocycles. The number of imidazole rings is 1. The highest BCUT2D eigenvalue weighted by Crippen LogP contribution is 2.26. The largest absolute Gasteiger partial charge is 0.372 e. The van der Waals surface area contributed by atoms with Crippen molar-refractivity contribution in [3.8, 4) is 0 Å². The first kappa shape index (κ1) is 12.9. The zero-order chi connectivity index (χ0) is 13.4. The normalized spacial score (nSPS) is 24.1. The molecule has 0 N–H and O–H groups in total. The van der Waals surface area contributed by atoms with Gasteiger partial charge < -0.3 is 14.0 Å². The van der Waals surface area contributed by atoms with Crippen molar-refractivity contribution in [3.05, 3.63) is 30.1 Å². The highest BCUT2D eigenvalue weighted by Gasteiger charge is 2.26. The van der Waals surface area contributed by atoms with E-state index in [1.54, 1.807) is 0 Å². The van der Waals surface area contributed by atoms with Gasteiger partial charge in [-0.2, -0.15) is 0 Å². The summed E-state index contributed by atoms with van der Waals surface area (Å²) >= 11 is 3.59. The highest BCUT2D eigenvalue weighted by molar-refractivity contribution is 9.08. The summed E-state index contributed by atoms with van der Waals surface area (Å²) in [5, 5.41) is 0.799. The summed E-state index contributed by atoms with van der Waals surface area (Å²) in [7, 11) is 0. The molecule has 0 unspecified atom stereocenters. The zero-order valence-corrected chi connectivity index (χ0v) is 12.8. The number of ether oxygens (including phenoxy) is 1. The lowest BCUT2D eigenvalue weighted by atomic mass is 10.2. The van der Waals surface area contributed by atoms with Crippen molar-refractivity contribution in [2.24, 2.45) is 0 Å². The fraction of sp³-hybridized carbons (Fsp3) is 0.500. The predicted molar refractivity (Wildman–Crippen MR) is 80.0 cm³/mol. The minimum Gasteiger partial charge on any atom is -0.372 e. The molecular weight excluding hydrogens is 306 g/mol. The van der Waals surface area contributed by atoms with Gasteiger partial charge in [0.25, 0.3) is 0 Å². The second-order valence-electron chi connectivity index (χ2n) is 5.11. The Hall–Kier alpha value is -1.07. The van der Waals surface area contributed by atoms with Gasteiger partial charge in [0.15, 0.2) is 5.82 Å². The second-order valence-corrected chi connectivity index (χ2v) is 5.67. The summed E-state index contributed by atoms with van der Waals surface area (Å²) in [5.41, 5.74) is 2.20. The molecule has 1 aliphatic rings. The third kappa shape index (κ3) is 2.37. The first-order valence-corrected chi connectivity index (χ1v) is 7.73. The summed E-state index contributed by atoms with van der Waals surface area (Å²) in [4.78, 5) is 7.12. The number of fused-ring (bicyclic) bond motifs is 1. The maximum Gasteiger partial charge on any atom is 0.152 e. The van der Waals surface area contributed by atoms with Crippen molar-refractivity contribution >= 4 is 27.4 Å². The van der Waals surface area contributed by atoms with Crippen LogP contribution < -0.4 is 4.90 Å². The number of anilines is 1. The second kappa shape index (κ2) is 5.13. The summed E-state index contributed by atoms with van der Waals surface area (Å²) in [6.07, 6.45) is 2.56. The molecular formula is C14H18BrN3O.